The molecule has 0 heterocycles. The molecular weight excluding hydrogens is 430 g/mol. The van der Waals surface area contributed by atoms with E-state index < -0.39 is 8.07 Å². The summed E-state index contributed by atoms with van der Waals surface area (Å²) < 4.78 is 0. The van der Waals surface area contributed by atoms with Crippen molar-refractivity contribution in [1.82, 2.24) is 5.32 Å². The predicted octanol–water partition coefficient (Wildman–Crippen LogP) is 4.83. The molecule has 1 unspecified atom stereocenters. The summed E-state index contributed by atoms with van der Waals surface area (Å²) in [7, 11) is -2.40. The van der Waals surface area contributed by atoms with Crippen molar-refractivity contribution in [3.63, 3.8) is 0 Å². The zero-order valence-corrected chi connectivity index (χ0v) is 20.7. The molecular formula is C31H29NOSi. The summed E-state index contributed by atoms with van der Waals surface area (Å²) in [5, 5.41) is 5.57. The Morgan fingerprint density at radius 2 is 1.26 bits per heavy atom. The van der Waals surface area contributed by atoms with Gasteiger partial charge in [0.25, 0.3) is 5.91 Å². The van der Waals surface area contributed by atoms with Crippen LogP contribution in [0.1, 0.15) is 22.7 Å². The van der Waals surface area contributed by atoms with E-state index >= 15 is 0 Å². The van der Waals surface area contributed by atoms with E-state index in [1.807, 2.05) is 54.6 Å². The molecule has 0 saturated heterocycles. The second-order valence-electron chi connectivity index (χ2n) is 8.73. The van der Waals surface area contributed by atoms with E-state index in [0.717, 1.165) is 5.56 Å². The number of amides is 1. The van der Waals surface area contributed by atoms with E-state index in [0.29, 0.717) is 6.42 Å². The van der Waals surface area contributed by atoms with Crippen LogP contribution >= 0.6 is 0 Å². The lowest BCUT2D eigenvalue weighted by molar-refractivity contribution is -0.116. The van der Waals surface area contributed by atoms with Gasteiger partial charge in [0.05, 0.1) is 6.04 Å². The zero-order valence-electron chi connectivity index (χ0n) is 19.7. The first-order valence-electron chi connectivity index (χ1n) is 11.6. The molecule has 0 bridgehead atoms. The molecule has 34 heavy (non-hydrogen) atoms. The average Bonchev–Trinajstić information content (AvgIpc) is 2.89. The standard InChI is InChI=1S/C31H29NOSi/c1-25-18-20-26(21-19-25)24-30(27-12-6-3-7-13-27)32-31(33)22-23-34(2,28-14-8-4-9-15-28)29-16-10-5-11-17-29/h3-21,30H,24H2,1-2H3,(H,32,33). The molecule has 168 valence electrons. The predicted molar refractivity (Wildman–Crippen MR) is 144 cm³/mol. The van der Waals surface area contributed by atoms with Gasteiger partial charge in [0.1, 0.15) is 0 Å². The largest absolute Gasteiger partial charge is 0.338 e. The van der Waals surface area contributed by atoms with Gasteiger partial charge < -0.3 is 5.32 Å². The van der Waals surface area contributed by atoms with Crippen LogP contribution in [0.25, 0.3) is 0 Å². The van der Waals surface area contributed by atoms with Crippen molar-refractivity contribution in [2.24, 2.45) is 0 Å². The fourth-order valence-corrected chi connectivity index (χ4v) is 6.83. The van der Waals surface area contributed by atoms with E-state index in [1.54, 1.807) is 0 Å². The number of benzene rings is 4. The van der Waals surface area contributed by atoms with Crippen molar-refractivity contribution in [1.29, 1.82) is 0 Å². The molecule has 0 radical (unpaired) electrons. The fraction of sp³-hybridized carbons (Fsp3) is 0.129. The lowest BCUT2D eigenvalue weighted by Gasteiger charge is -2.22. The Balaban J connectivity index is 1.62. The van der Waals surface area contributed by atoms with Crippen LogP contribution < -0.4 is 15.7 Å². The summed E-state index contributed by atoms with van der Waals surface area (Å²) in [5.74, 6) is 2.73. The van der Waals surface area contributed by atoms with Crippen molar-refractivity contribution in [3.8, 4) is 11.5 Å². The number of hydrogen-bond donors (Lipinski definition) is 1. The highest BCUT2D eigenvalue weighted by molar-refractivity contribution is 7.07. The van der Waals surface area contributed by atoms with E-state index in [4.69, 9.17) is 0 Å². The van der Waals surface area contributed by atoms with Gasteiger partial charge in [-0.2, -0.15) is 0 Å². The molecule has 4 aromatic carbocycles. The van der Waals surface area contributed by atoms with E-state index in [-0.39, 0.29) is 11.9 Å². The van der Waals surface area contributed by atoms with Gasteiger partial charge in [-0.05, 0) is 40.8 Å². The third-order valence-corrected chi connectivity index (χ3v) is 9.80. The Bertz CT molecular complexity index is 1230. The van der Waals surface area contributed by atoms with Gasteiger partial charge in [0.2, 0.25) is 0 Å². The van der Waals surface area contributed by atoms with Crippen molar-refractivity contribution in [2.45, 2.75) is 25.9 Å². The maximum atomic E-state index is 13.1. The third-order valence-electron chi connectivity index (χ3n) is 6.20. The minimum atomic E-state index is -2.40. The lowest BCUT2D eigenvalue weighted by atomic mass is 9.98. The lowest BCUT2D eigenvalue weighted by Crippen LogP contribution is -2.55. The van der Waals surface area contributed by atoms with Gasteiger partial charge in [-0.15, -0.1) is 5.54 Å². The summed E-state index contributed by atoms with van der Waals surface area (Å²) in [5.41, 5.74) is 6.91. The molecule has 0 aliphatic carbocycles. The van der Waals surface area contributed by atoms with Gasteiger partial charge >= 0.3 is 0 Å². The first-order chi connectivity index (χ1) is 16.5. The molecule has 3 heteroatoms. The Kier molecular flexibility index (Phi) is 7.42. The Morgan fingerprint density at radius 3 is 1.79 bits per heavy atom. The van der Waals surface area contributed by atoms with Crippen molar-refractivity contribution >= 4 is 24.4 Å². The molecule has 0 spiro atoms. The van der Waals surface area contributed by atoms with Crippen molar-refractivity contribution in [2.75, 3.05) is 0 Å². The minimum absolute atomic E-state index is 0.146. The van der Waals surface area contributed by atoms with Gasteiger partial charge in [-0.25, -0.2) is 0 Å². The fourth-order valence-electron chi connectivity index (χ4n) is 4.13. The van der Waals surface area contributed by atoms with Crippen LogP contribution in [0.4, 0.5) is 0 Å². The summed E-state index contributed by atoms with van der Waals surface area (Å²) in [6.45, 7) is 4.29. The van der Waals surface area contributed by atoms with Gasteiger partial charge in [-0.3, -0.25) is 4.79 Å². The molecule has 4 rings (SSSR count). The molecule has 0 aliphatic heterocycles. The second kappa shape index (κ2) is 10.8. The van der Waals surface area contributed by atoms with Crippen LogP contribution in [0, 0.1) is 18.4 Å². The van der Waals surface area contributed by atoms with E-state index in [2.05, 4.69) is 90.9 Å². The van der Waals surface area contributed by atoms with Crippen LogP contribution in [-0.2, 0) is 11.2 Å². The summed E-state index contributed by atoms with van der Waals surface area (Å²) >= 11 is 0. The number of rotatable bonds is 6. The molecule has 1 amide bonds. The van der Waals surface area contributed by atoms with E-state index in [9.17, 15) is 4.79 Å². The maximum absolute atomic E-state index is 13.1. The molecule has 0 aromatic heterocycles. The monoisotopic (exact) mass is 459 g/mol. The van der Waals surface area contributed by atoms with Gasteiger partial charge in [0.15, 0.2) is 8.07 Å². The van der Waals surface area contributed by atoms with Gasteiger partial charge in [0, 0.05) is 0 Å². The zero-order chi connectivity index (χ0) is 23.8. The number of nitrogens with one attached hydrogen (secondary N) is 1. The highest BCUT2D eigenvalue weighted by Crippen LogP contribution is 2.19. The summed E-state index contributed by atoms with van der Waals surface area (Å²) in [6.07, 6.45) is 0.712. The van der Waals surface area contributed by atoms with Crippen LogP contribution in [-0.4, -0.2) is 14.0 Å². The number of hydrogen-bond acceptors (Lipinski definition) is 1. The first kappa shape index (κ1) is 23.3. The SMILES string of the molecule is Cc1ccc(CC(NC(=O)C#C[Si](C)(c2ccccc2)c2ccccc2)c2ccccc2)cc1. The topological polar surface area (TPSA) is 29.1 Å². The highest BCUT2D eigenvalue weighted by atomic mass is 28.3. The number of aryl methyl sites for hydroxylation is 1. The summed E-state index contributed by atoms with van der Waals surface area (Å²) in [4.78, 5) is 13.1. The smallest absolute Gasteiger partial charge is 0.295 e. The maximum Gasteiger partial charge on any atom is 0.295 e. The Labute approximate surface area is 203 Å². The van der Waals surface area contributed by atoms with Crippen LogP contribution in [0.3, 0.4) is 0 Å². The Hall–Kier alpha value is -3.87. The number of carbonyl (C=O) groups excluding carboxylic acids is 1. The second-order valence-corrected chi connectivity index (χ2v) is 12.4. The molecule has 0 fully saturated rings. The van der Waals surface area contributed by atoms with Crippen molar-refractivity contribution in [3.05, 3.63) is 132 Å². The molecule has 1 N–H and O–H groups in total. The molecule has 4 aromatic rings. The third kappa shape index (κ3) is 5.73. The quantitative estimate of drug-likeness (QED) is 0.325. The molecule has 0 saturated carbocycles. The first-order valence-corrected chi connectivity index (χ1v) is 14.1. The molecule has 0 aliphatic rings. The normalized spacial score (nSPS) is 11.7. The molecule has 2 nitrogen and oxygen atoms in total. The van der Waals surface area contributed by atoms with Crippen LogP contribution in [0.15, 0.2) is 115 Å². The Morgan fingerprint density at radius 1 is 0.765 bits per heavy atom. The van der Waals surface area contributed by atoms with Gasteiger partial charge in [-0.1, -0.05) is 127 Å². The van der Waals surface area contributed by atoms with Crippen LogP contribution in [0.2, 0.25) is 6.55 Å². The molecule has 1 atom stereocenters. The van der Waals surface area contributed by atoms with Crippen LogP contribution in [0.5, 0.6) is 0 Å². The average molecular weight is 460 g/mol. The number of carbonyl (C=O) groups is 1. The van der Waals surface area contributed by atoms with E-state index in [1.165, 1.54) is 21.5 Å². The highest BCUT2D eigenvalue weighted by Gasteiger charge is 2.30. The summed E-state index contributed by atoms with van der Waals surface area (Å²) in [6, 6.07) is 39.1. The minimum Gasteiger partial charge on any atom is -0.338 e. The van der Waals surface area contributed by atoms with Crippen molar-refractivity contribution < 1.29 is 4.79 Å².